The molecule has 0 spiro atoms. The normalized spacial score (nSPS) is 19.4. The summed E-state index contributed by atoms with van der Waals surface area (Å²) >= 11 is 0. The molecule has 1 aliphatic heterocycles. The highest BCUT2D eigenvalue weighted by Crippen LogP contribution is 2.19. The van der Waals surface area contributed by atoms with Crippen molar-refractivity contribution in [2.75, 3.05) is 19.7 Å². The molecule has 1 heterocycles. The second kappa shape index (κ2) is 8.03. The minimum absolute atomic E-state index is 0.293. The number of hydrogen-bond donors (Lipinski definition) is 1. The third-order valence-electron chi connectivity index (χ3n) is 4.18. The summed E-state index contributed by atoms with van der Waals surface area (Å²) < 4.78 is 5.68. The van der Waals surface area contributed by atoms with E-state index in [1.54, 1.807) is 24.3 Å². The molecule has 0 aromatic heterocycles. The van der Waals surface area contributed by atoms with Gasteiger partial charge in [-0.05, 0) is 56.5 Å². The molecule has 1 unspecified atom stereocenters. The smallest absolute Gasteiger partial charge is 0.335 e. The van der Waals surface area contributed by atoms with Crippen molar-refractivity contribution in [3.8, 4) is 5.75 Å². The van der Waals surface area contributed by atoms with E-state index in [-0.39, 0.29) is 0 Å². The Morgan fingerprint density at radius 2 is 2.10 bits per heavy atom. The average molecular weight is 291 g/mol. The predicted octanol–water partition coefficient (Wildman–Crippen LogP) is 3.42. The Labute approximate surface area is 126 Å². The van der Waals surface area contributed by atoms with Crippen LogP contribution in [0, 0.1) is 0 Å². The zero-order chi connectivity index (χ0) is 15.1. The first-order valence-electron chi connectivity index (χ1n) is 7.91. The molecule has 1 aromatic rings. The van der Waals surface area contributed by atoms with Crippen molar-refractivity contribution in [3.05, 3.63) is 29.8 Å². The molecular weight excluding hydrogens is 266 g/mol. The van der Waals surface area contributed by atoms with Crippen molar-refractivity contribution in [1.29, 1.82) is 0 Å². The summed E-state index contributed by atoms with van der Waals surface area (Å²) in [5, 5.41) is 8.84. The van der Waals surface area contributed by atoms with Gasteiger partial charge in [0.1, 0.15) is 5.75 Å². The lowest BCUT2D eigenvalue weighted by Gasteiger charge is -2.35. The first-order valence-corrected chi connectivity index (χ1v) is 7.91. The van der Waals surface area contributed by atoms with Crippen molar-refractivity contribution in [2.45, 2.75) is 45.1 Å². The fourth-order valence-electron chi connectivity index (χ4n) is 2.97. The van der Waals surface area contributed by atoms with Crippen LogP contribution in [-0.4, -0.2) is 41.7 Å². The Balaban J connectivity index is 1.70. The number of benzene rings is 1. The van der Waals surface area contributed by atoms with Gasteiger partial charge in [0.25, 0.3) is 0 Å². The molecule has 116 valence electrons. The molecule has 0 amide bonds. The van der Waals surface area contributed by atoms with Crippen LogP contribution in [0.3, 0.4) is 0 Å². The molecular formula is C17H25NO3. The highest BCUT2D eigenvalue weighted by molar-refractivity contribution is 5.87. The van der Waals surface area contributed by atoms with Crippen LogP contribution in [0.2, 0.25) is 0 Å². The number of aromatic carboxylic acids is 1. The van der Waals surface area contributed by atoms with Crippen LogP contribution in [0.15, 0.2) is 24.3 Å². The van der Waals surface area contributed by atoms with E-state index in [9.17, 15) is 4.79 Å². The van der Waals surface area contributed by atoms with Gasteiger partial charge in [0.2, 0.25) is 0 Å². The van der Waals surface area contributed by atoms with Gasteiger partial charge in [0.05, 0.1) is 12.2 Å². The van der Waals surface area contributed by atoms with Crippen LogP contribution in [0.5, 0.6) is 5.75 Å². The maximum Gasteiger partial charge on any atom is 0.335 e. The zero-order valence-corrected chi connectivity index (χ0v) is 12.8. The van der Waals surface area contributed by atoms with Crippen molar-refractivity contribution >= 4 is 5.97 Å². The quantitative estimate of drug-likeness (QED) is 0.782. The number of rotatable bonds is 7. The lowest BCUT2D eigenvalue weighted by atomic mass is 10.00. The Morgan fingerprint density at radius 3 is 2.76 bits per heavy atom. The van der Waals surface area contributed by atoms with Gasteiger partial charge in [0, 0.05) is 12.6 Å². The molecule has 4 nitrogen and oxygen atoms in total. The number of carboxylic acids is 1. The van der Waals surface area contributed by atoms with Gasteiger partial charge >= 0.3 is 5.97 Å². The molecule has 21 heavy (non-hydrogen) atoms. The van der Waals surface area contributed by atoms with E-state index < -0.39 is 5.97 Å². The van der Waals surface area contributed by atoms with Gasteiger partial charge in [-0.25, -0.2) is 4.79 Å². The van der Waals surface area contributed by atoms with Gasteiger partial charge in [-0.3, -0.25) is 0 Å². The van der Waals surface area contributed by atoms with Crippen LogP contribution in [0.25, 0.3) is 0 Å². The third-order valence-corrected chi connectivity index (χ3v) is 4.18. The number of likely N-dealkylation sites (tertiary alicyclic amines) is 1. The first-order chi connectivity index (χ1) is 10.2. The third kappa shape index (κ3) is 4.74. The van der Waals surface area contributed by atoms with Gasteiger partial charge in [-0.15, -0.1) is 0 Å². The highest BCUT2D eigenvalue weighted by atomic mass is 16.5. The molecule has 0 aliphatic carbocycles. The maximum atomic E-state index is 10.8. The van der Waals surface area contributed by atoms with Gasteiger partial charge in [-0.1, -0.05) is 13.3 Å². The fraction of sp³-hybridized carbons (Fsp3) is 0.588. The van der Waals surface area contributed by atoms with E-state index in [4.69, 9.17) is 9.84 Å². The molecule has 1 saturated heterocycles. The average Bonchev–Trinajstić information content (AvgIpc) is 2.52. The van der Waals surface area contributed by atoms with E-state index in [1.807, 2.05) is 0 Å². The van der Waals surface area contributed by atoms with Gasteiger partial charge in [0.15, 0.2) is 0 Å². The monoisotopic (exact) mass is 291 g/mol. The first kappa shape index (κ1) is 15.8. The molecule has 1 N–H and O–H groups in total. The summed E-state index contributed by atoms with van der Waals surface area (Å²) in [5.41, 5.74) is 0.293. The lowest BCUT2D eigenvalue weighted by molar-refractivity contribution is 0.0697. The minimum atomic E-state index is -0.905. The summed E-state index contributed by atoms with van der Waals surface area (Å²) in [6.07, 6.45) is 6.25. The van der Waals surface area contributed by atoms with E-state index in [2.05, 4.69) is 11.8 Å². The van der Waals surface area contributed by atoms with E-state index in [0.29, 0.717) is 12.2 Å². The van der Waals surface area contributed by atoms with Crippen LogP contribution < -0.4 is 4.74 Å². The summed E-state index contributed by atoms with van der Waals surface area (Å²) in [6.45, 7) is 5.25. The second-order valence-corrected chi connectivity index (χ2v) is 5.63. The molecule has 0 saturated carbocycles. The number of ether oxygens (including phenoxy) is 1. The van der Waals surface area contributed by atoms with Crippen molar-refractivity contribution in [1.82, 2.24) is 4.90 Å². The molecule has 0 bridgehead atoms. The molecule has 1 aromatic carbocycles. The number of hydrogen-bond acceptors (Lipinski definition) is 3. The van der Waals surface area contributed by atoms with Gasteiger partial charge in [-0.2, -0.15) is 0 Å². The molecule has 1 fully saturated rings. The number of carbonyl (C=O) groups is 1. The van der Waals surface area contributed by atoms with E-state index in [1.165, 1.54) is 32.2 Å². The predicted molar refractivity (Wildman–Crippen MR) is 83.0 cm³/mol. The second-order valence-electron chi connectivity index (χ2n) is 5.63. The molecule has 2 rings (SSSR count). The largest absolute Gasteiger partial charge is 0.494 e. The van der Waals surface area contributed by atoms with E-state index >= 15 is 0 Å². The molecule has 0 radical (unpaired) electrons. The Kier molecular flexibility index (Phi) is 6.05. The van der Waals surface area contributed by atoms with Crippen LogP contribution in [0.1, 0.15) is 49.4 Å². The minimum Gasteiger partial charge on any atom is -0.494 e. The van der Waals surface area contributed by atoms with Crippen molar-refractivity contribution < 1.29 is 14.6 Å². The van der Waals surface area contributed by atoms with Gasteiger partial charge < -0.3 is 14.7 Å². The molecule has 4 heteroatoms. The van der Waals surface area contributed by atoms with Crippen molar-refractivity contribution in [3.63, 3.8) is 0 Å². The topological polar surface area (TPSA) is 49.8 Å². The summed E-state index contributed by atoms with van der Waals surface area (Å²) in [7, 11) is 0. The van der Waals surface area contributed by atoms with Crippen LogP contribution in [-0.2, 0) is 0 Å². The SMILES string of the molecule is CCC1CCCCN1CCCOc1ccc(C(=O)O)cc1. The van der Waals surface area contributed by atoms with Crippen molar-refractivity contribution in [2.24, 2.45) is 0 Å². The van der Waals surface area contributed by atoms with Crippen LogP contribution in [0.4, 0.5) is 0 Å². The summed E-state index contributed by atoms with van der Waals surface area (Å²) in [4.78, 5) is 13.3. The Hall–Kier alpha value is -1.55. The Morgan fingerprint density at radius 1 is 1.33 bits per heavy atom. The molecule has 1 atom stereocenters. The maximum absolute atomic E-state index is 10.8. The fourth-order valence-corrected chi connectivity index (χ4v) is 2.97. The summed E-state index contributed by atoms with van der Waals surface area (Å²) in [5.74, 6) is -0.164. The standard InChI is InChI=1S/C17H25NO3/c1-2-15-6-3-4-11-18(15)12-5-13-21-16-9-7-14(8-10-16)17(19)20/h7-10,15H,2-6,11-13H2,1H3,(H,19,20). The molecule has 1 aliphatic rings. The number of piperidine rings is 1. The van der Waals surface area contributed by atoms with Crippen LogP contribution >= 0.6 is 0 Å². The van der Waals surface area contributed by atoms with E-state index in [0.717, 1.165) is 24.8 Å². The lowest BCUT2D eigenvalue weighted by Crippen LogP contribution is -2.40. The Bertz CT molecular complexity index is 444. The summed E-state index contributed by atoms with van der Waals surface area (Å²) in [6, 6.07) is 7.34. The number of nitrogens with zero attached hydrogens (tertiary/aromatic N) is 1. The highest BCUT2D eigenvalue weighted by Gasteiger charge is 2.19. The number of carboxylic acid groups (broad SMARTS) is 1. The zero-order valence-electron chi connectivity index (χ0n) is 12.8.